The number of anilines is 3. The van der Waals surface area contributed by atoms with Gasteiger partial charge in [-0.1, -0.05) is 34.8 Å². The summed E-state index contributed by atoms with van der Waals surface area (Å²) in [6, 6.07) is 2.85. The van der Waals surface area contributed by atoms with E-state index in [0.29, 0.717) is 5.69 Å². The summed E-state index contributed by atoms with van der Waals surface area (Å²) in [5.41, 5.74) is 5.65. The van der Waals surface area contributed by atoms with Crippen molar-refractivity contribution in [3.63, 3.8) is 0 Å². The molecule has 0 aliphatic carbocycles. The normalized spacial score (nSPS) is 10.5. The maximum Gasteiger partial charge on any atom is 0.332 e. The third-order valence-corrected chi connectivity index (χ3v) is 3.56. The van der Waals surface area contributed by atoms with Gasteiger partial charge in [0.05, 0.1) is 25.7 Å². The van der Waals surface area contributed by atoms with Crippen molar-refractivity contribution in [1.82, 2.24) is 9.97 Å². The second-order valence-electron chi connectivity index (χ2n) is 3.99. The number of nitrogens with one attached hydrogen (secondary N) is 1. The molecule has 0 bridgehead atoms. The molecule has 10 heteroatoms. The maximum absolute atomic E-state index is 11.1. The lowest BCUT2D eigenvalue weighted by Crippen LogP contribution is -2.07. The van der Waals surface area contributed by atoms with E-state index in [1.807, 2.05) is 0 Å². The van der Waals surface area contributed by atoms with Crippen LogP contribution in [-0.4, -0.2) is 14.9 Å². The minimum absolute atomic E-state index is 0.0784. The van der Waals surface area contributed by atoms with Crippen LogP contribution in [0.5, 0.6) is 0 Å². The fraction of sp³-hybridized carbons (Fsp3) is 0.0909. The van der Waals surface area contributed by atoms with E-state index in [9.17, 15) is 10.1 Å². The molecule has 1 aromatic carbocycles. The number of benzene rings is 1. The molecular weight excluding hydrogens is 341 g/mol. The predicted octanol–water partition coefficient (Wildman–Crippen LogP) is 3.98. The van der Waals surface area contributed by atoms with E-state index < -0.39 is 4.92 Å². The van der Waals surface area contributed by atoms with Gasteiger partial charge in [-0.25, -0.2) is 4.98 Å². The molecule has 0 saturated heterocycles. The lowest BCUT2D eigenvalue weighted by molar-refractivity contribution is -0.385. The summed E-state index contributed by atoms with van der Waals surface area (Å²) >= 11 is 17.7. The van der Waals surface area contributed by atoms with Crippen molar-refractivity contribution in [3.8, 4) is 0 Å². The van der Waals surface area contributed by atoms with Crippen LogP contribution in [0.25, 0.3) is 0 Å². The first kappa shape index (κ1) is 15.6. The molecule has 0 aliphatic rings. The average molecular weight is 349 g/mol. The van der Waals surface area contributed by atoms with Crippen LogP contribution in [0.15, 0.2) is 12.1 Å². The molecule has 7 nitrogen and oxygen atoms in total. The summed E-state index contributed by atoms with van der Waals surface area (Å²) in [5, 5.41) is 14.6. The van der Waals surface area contributed by atoms with Crippen LogP contribution in [0.3, 0.4) is 0 Å². The van der Waals surface area contributed by atoms with E-state index in [1.165, 1.54) is 19.1 Å². The second kappa shape index (κ2) is 5.88. The number of nitrogens with two attached hydrogens (primary N) is 1. The van der Waals surface area contributed by atoms with Gasteiger partial charge in [-0.15, -0.1) is 0 Å². The molecule has 2 rings (SSSR count). The first-order chi connectivity index (χ1) is 9.79. The van der Waals surface area contributed by atoms with E-state index in [0.717, 1.165) is 0 Å². The highest BCUT2D eigenvalue weighted by atomic mass is 35.5. The summed E-state index contributed by atoms with van der Waals surface area (Å²) in [7, 11) is 0. The Bertz CT molecular complexity index is 738. The number of aryl methyl sites for hydroxylation is 1. The highest BCUT2D eigenvalue weighted by Gasteiger charge is 2.22. The minimum Gasteiger partial charge on any atom is -0.368 e. The van der Waals surface area contributed by atoms with Crippen molar-refractivity contribution in [1.29, 1.82) is 0 Å². The molecule has 3 N–H and O–H groups in total. The number of nitro groups is 1. The van der Waals surface area contributed by atoms with Crippen LogP contribution in [0.2, 0.25) is 15.1 Å². The Balaban J connectivity index is 2.54. The van der Waals surface area contributed by atoms with Gasteiger partial charge in [-0.05, 0) is 19.1 Å². The zero-order chi connectivity index (χ0) is 15.7. The van der Waals surface area contributed by atoms with Gasteiger partial charge < -0.3 is 11.1 Å². The van der Waals surface area contributed by atoms with Crippen LogP contribution in [-0.2, 0) is 0 Å². The number of hydrogen-bond acceptors (Lipinski definition) is 6. The Morgan fingerprint density at radius 3 is 2.43 bits per heavy atom. The zero-order valence-electron chi connectivity index (χ0n) is 10.5. The Kier molecular flexibility index (Phi) is 4.36. The van der Waals surface area contributed by atoms with Crippen molar-refractivity contribution in [2.75, 3.05) is 11.1 Å². The molecular formula is C11H8Cl3N5O2. The Morgan fingerprint density at radius 1 is 1.19 bits per heavy atom. The first-order valence-electron chi connectivity index (χ1n) is 5.49. The summed E-state index contributed by atoms with van der Waals surface area (Å²) in [4.78, 5) is 18.1. The fourth-order valence-corrected chi connectivity index (χ4v) is 2.23. The van der Waals surface area contributed by atoms with Crippen molar-refractivity contribution in [2.45, 2.75) is 6.92 Å². The Morgan fingerprint density at radius 2 is 1.81 bits per heavy atom. The molecule has 0 amide bonds. The lowest BCUT2D eigenvalue weighted by Gasteiger charge is -2.10. The van der Waals surface area contributed by atoms with Gasteiger partial charge in [0, 0.05) is 0 Å². The quantitative estimate of drug-likeness (QED) is 0.493. The van der Waals surface area contributed by atoms with E-state index >= 15 is 0 Å². The van der Waals surface area contributed by atoms with Crippen molar-refractivity contribution in [2.24, 2.45) is 0 Å². The molecule has 0 atom stereocenters. The second-order valence-corrected chi connectivity index (χ2v) is 5.21. The SMILES string of the molecule is Cc1nc(N)nc(Nc2cc(Cl)c(Cl)cc2Cl)c1[N+](=O)[O-]. The van der Waals surface area contributed by atoms with Crippen molar-refractivity contribution >= 4 is 57.9 Å². The highest BCUT2D eigenvalue weighted by molar-refractivity contribution is 6.44. The molecule has 0 aliphatic heterocycles. The summed E-state index contributed by atoms with van der Waals surface area (Å²) < 4.78 is 0. The van der Waals surface area contributed by atoms with Crippen LogP contribution in [0.1, 0.15) is 5.69 Å². The summed E-state index contributed by atoms with van der Waals surface area (Å²) in [5.74, 6) is -0.179. The molecule has 2 aromatic rings. The molecule has 0 spiro atoms. The van der Waals surface area contributed by atoms with Crippen LogP contribution in [0, 0.1) is 17.0 Å². The lowest BCUT2D eigenvalue weighted by atomic mass is 10.3. The molecule has 0 fully saturated rings. The largest absolute Gasteiger partial charge is 0.368 e. The van der Waals surface area contributed by atoms with Gasteiger partial charge in [0.25, 0.3) is 0 Å². The Hall–Kier alpha value is -1.83. The first-order valence-corrected chi connectivity index (χ1v) is 6.63. The summed E-state index contributed by atoms with van der Waals surface area (Å²) in [6.45, 7) is 1.46. The molecule has 21 heavy (non-hydrogen) atoms. The number of halogens is 3. The van der Waals surface area contributed by atoms with Crippen molar-refractivity contribution < 1.29 is 4.92 Å². The van der Waals surface area contributed by atoms with E-state index in [-0.39, 0.29) is 38.2 Å². The van der Waals surface area contributed by atoms with E-state index in [4.69, 9.17) is 40.5 Å². The zero-order valence-corrected chi connectivity index (χ0v) is 12.8. The van der Waals surface area contributed by atoms with Gasteiger partial charge in [0.2, 0.25) is 11.8 Å². The predicted molar refractivity (Wildman–Crippen MR) is 82.6 cm³/mol. The van der Waals surface area contributed by atoms with Gasteiger partial charge >= 0.3 is 5.69 Å². The third kappa shape index (κ3) is 3.26. The topological polar surface area (TPSA) is 107 Å². The number of nitrogen functional groups attached to an aromatic ring is 1. The average Bonchev–Trinajstić information content (AvgIpc) is 2.34. The smallest absolute Gasteiger partial charge is 0.332 e. The molecule has 110 valence electrons. The van der Waals surface area contributed by atoms with E-state index in [1.54, 1.807) is 0 Å². The third-order valence-electron chi connectivity index (χ3n) is 2.52. The highest BCUT2D eigenvalue weighted by Crippen LogP contribution is 2.36. The molecule has 0 radical (unpaired) electrons. The van der Waals surface area contributed by atoms with Crippen molar-refractivity contribution in [3.05, 3.63) is 43.0 Å². The van der Waals surface area contributed by atoms with Crippen LogP contribution >= 0.6 is 34.8 Å². The van der Waals surface area contributed by atoms with Crippen LogP contribution < -0.4 is 11.1 Å². The van der Waals surface area contributed by atoms with Crippen LogP contribution in [0.4, 0.5) is 23.1 Å². The standard InChI is InChI=1S/C11H8Cl3N5O2/c1-4-9(19(20)21)10(18-11(15)16-4)17-8-3-6(13)5(12)2-7(8)14/h2-3H,1H3,(H3,15,16,17,18). The van der Waals surface area contributed by atoms with Gasteiger partial charge in [0.1, 0.15) is 5.69 Å². The maximum atomic E-state index is 11.1. The van der Waals surface area contributed by atoms with E-state index in [2.05, 4.69) is 15.3 Å². The number of rotatable bonds is 3. The van der Waals surface area contributed by atoms with Gasteiger partial charge in [0.15, 0.2) is 0 Å². The van der Waals surface area contributed by atoms with Gasteiger partial charge in [-0.2, -0.15) is 4.98 Å². The molecule has 0 unspecified atom stereocenters. The summed E-state index contributed by atoms with van der Waals surface area (Å²) in [6.07, 6.45) is 0. The number of hydrogen-bond donors (Lipinski definition) is 2. The monoisotopic (exact) mass is 347 g/mol. The Labute approximate surface area is 134 Å². The molecule has 1 heterocycles. The molecule has 0 saturated carbocycles. The number of nitrogens with zero attached hydrogens (tertiary/aromatic N) is 3. The number of aromatic nitrogens is 2. The fourth-order valence-electron chi connectivity index (χ4n) is 1.64. The van der Waals surface area contributed by atoms with Gasteiger partial charge in [-0.3, -0.25) is 10.1 Å². The minimum atomic E-state index is -0.609. The molecule has 1 aromatic heterocycles.